The highest BCUT2D eigenvalue weighted by Crippen LogP contribution is 2.31. The summed E-state index contributed by atoms with van der Waals surface area (Å²) in [4.78, 5) is 3.64. The van der Waals surface area contributed by atoms with Crippen LogP contribution >= 0.6 is 0 Å². The number of anilines is 2. The minimum absolute atomic E-state index is 0.0289. The lowest BCUT2D eigenvalue weighted by molar-refractivity contribution is -0.137. The van der Waals surface area contributed by atoms with E-state index in [1.54, 1.807) is 32.0 Å². The number of rotatable bonds is 5. The molecule has 1 aromatic heterocycles. The molecule has 1 heterocycles. The van der Waals surface area contributed by atoms with Gasteiger partial charge in [0.2, 0.25) is 5.88 Å². The third-order valence-corrected chi connectivity index (χ3v) is 3.02. The van der Waals surface area contributed by atoms with Gasteiger partial charge in [-0.1, -0.05) is 0 Å². The van der Waals surface area contributed by atoms with E-state index in [9.17, 15) is 18.3 Å². The second-order valence-electron chi connectivity index (χ2n) is 5.90. The molecule has 0 fully saturated rings. The molecule has 24 heavy (non-hydrogen) atoms. The van der Waals surface area contributed by atoms with E-state index >= 15 is 0 Å². The Morgan fingerprint density at radius 1 is 1.21 bits per heavy atom. The molecule has 0 saturated heterocycles. The van der Waals surface area contributed by atoms with Gasteiger partial charge in [0.05, 0.1) is 22.5 Å². The minimum atomic E-state index is -4.44. The molecule has 5 nitrogen and oxygen atoms in total. The van der Waals surface area contributed by atoms with Crippen molar-refractivity contribution < 1.29 is 23.0 Å². The topological polar surface area (TPSA) is 80.4 Å². The van der Waals surface area contributed by atoms with Crippen LogP contribution in [0, 0.1) is 0 Å². The van der Waals surface area contributed by atoms with Crippen LogP contribution in [-0.2, 0) is 6.18 Å². The number of hydrogen-bond donors (Lipinski definition) is 3. The van der Waals surface area contributed by atoms with Crippen molar-refractivity contribution in [1.29, 1.82) is 0 Å². The SMILES string of the molecule is CC(C)(O)CNc1cc(Oc2ccc(C(F)(F)F)cn2)ccc1N. The van der Waals surface area contributed by atoms with Gasteiger partial charge < -0.3 is 20.9 Å². The van der Waals surface area contributed by atoms with E-state index < -0.39 is 17.3 Å². The lowest BCUT2D eigenvalue weighted by Gasteiger charge is -2.19. The fraction of sp³-hybridized carbons (Fsp3) is 0.312. The number of nitrogens with zero attached hydrogens (tertiary/aromatic N) is 1. The summed E-state index contributed by atoms with van der Waals surface area (Å²) >= 11 is 0. The average molecular weight is 341 g/mol. The Bertz CT molecular complexity index is 695. The van der Waals surface area contributed by atoms with Gasteiger partial charge in [0.1, 0.15) is 5.75 Å². The lowest BCUT2D eigenvalue weighted by atomic mass is 10.1. The summed E-state index contributed by atoms with van der Waals surface area (Å²) in [6, 6.07) is 6.78. The summed E-state index contributed by atoms with van der Waals surface area (Å²) < 4.78 is 42.9. The summed E-state index contributed by atoms with van der Waals surface area (Å²) in [5.74, 6) is 0.385. The van der Waals surface area contributed by atoms with Crippen LogP contribution in [0.1, 0.15) is 19.4 Å². The number of nitrogen functional groups attached to an aromatic ring is 1. The van der Waals surface area contributed by atoms with Crippen LogP contribution < -0.4 is 15.8 Å². The largest absolute Gasteiger partial charge is 0.439 e. The minimum Gasteiger partial charge on any atom is -0.439 e. The van der Waals surface area contributed by atoms with Gasteiger partial charge in [-0.15, -0.1) is 0 Å². The molecule has 0 amide bonds. The van der Waals surface area contributed by atoms with E-state index in [1.165, 1.54) is 0 Å². The smallest absolute Gasteiger partial charge is 0.417 e. The van der Waals surface area contributed by atoms with Crippen molar-refractivity contribution in [2.75, 3.05) is 17.6 Å². The Morgan fingerprint density at radius 2 is 1.92 bits per heavy atom. The maximum Gasteiger partial charge on any atom is 0.417 e. The number of ether oxygens (including phenoxy) is 1. The van der Waals surface area contributed by atoms with Gasteiger partial charge in [-0.3, -0.25) is 0 Å². The molecule has 2 rings (SSSR count). The van der Waals surface area contributed by atoms with Crippen molar-refractivity contribution in [2.45, 2.75) is 25.6 Å². The number of pyridine rings is 1. The zero-order valence-electron chi connectivity index (χ0n) is 13.2. The third kappa shape index (κ3) is 5.02. The van der Waals surface area contributed by atoms with Crippen LogP contribution in [0.5, 0.6) is 11.6 Å². The molecule has 1 aromatic carbocycles. The molecule has 0 unspecified atom stereocenters. The number of alkyl halides is 3. The van der Waals surface area contributed by atoms with E-state index in [0.29, 0.717) is 23.3 Å². The Morgan fingerprint density at radius 3 is 2.46 bits per heavy atom. The molecule has 8 heteroatoms. The van der Waals surface area contributed by atoms with Crippen molar-refractivity contribution in [3.05, 3.63) is 42.1 Å². The summed E-state index contributed by atoms with van der Waals surface area (Å²) in [5.41, 5.74) is 5.05. The first kappa shape index (κ1) is 17.9. The maximum absolute atomic E-state index is 12.5. The molecule has 0 aliphatic carbocycles. The fourth-order valence-corrected chi connectivity index (χ4v) is 1.79. The average Bonchev–Trinajstić information content (AvgIpc) is 2.46. The summed E-state index contributed by atoms with van der Waals surface area (Å²) in [6.07, 6.45) is -3.74. The molecule has 0 radical (unpaired) electrons. The highest BCUT2D eigenvalue weighted by Gasteiger charge is 2.30. The molecule has 0 atom stereocenters. The van der Waals surface area contributed by atoms with Gasteiger partial charge >= 0.3 is 6.18 Å². The molecular formula is C16H18F3N3O2. The second-order valence-corrected chi connectivity index (χ2v) is 5.90. The molecule has 0 aliphatic rings. The van der Waals surface area contributed by atoms with Gasteiger partial charge in [-0.05, 0) is 32.0 Å². The Labute approximate surface area is 137 Å². The highest BCUT2D eigenvalue weighted by molar-refractivity contribution is 5.68. The summed E-state index contributed by atoms with van der Waals surface area (Å²) in [5, 5.41) is 12.7. The van der Waals surface area contributed by atoms with Gasteiger partial charge in [0, 0.05) is 24.9 Å². The Hall–Kier alpha value is -2.48. The van der Waals surface area contributed by atoms with Crippen LogP contribution in [0.25, 0.3) is 0 Å². The summed E-state index contributed by atoms with van der Waals surface area (Å²) in [6.45, 7) is 3.55. The van der Waals surface area contributed by atoms with Crippen molar-refractivity contribution in [1.82, 2.24) is 4.98 Å². The van der Waals surface area contributed by atoms with E-state index in [1.807, 2.05) is 0 Å². The highest BCUT2D eigenvalue weighted by atomic mass is 19.4. The van der Waals surface area contributed by atoms with Crippen molar-refractivity contribution in [3.63, 3.8) is 0 Å². The Balaban J connectivity index is 2.12. The van der Waals surface area contributed by atoms with Crippen LogP contribution in [0.15, 0.2) is 36.5 Å². The summed E-state index contributed by atoms with van der Waals surface area (Å²) in [7, 11) is 0. The zero-order valence-corrected chi connectivity index (χ0v) is 13.2. The number of benzene rings is 1. The number of nitrogens with one attached hydrogen (secondary N) is 1. The van der Waals surface area contributed by atoms with E-state index in [-0.39, 0.29) is 12.4 Å². The standard InChI is InChI=1S/C16H18F3N3O2/c1-15(2,23)9-22-13-7-11(4-5-12(13)20)24-14-6-3-10(8-21-14)16(17,18)19/h3-8,22-23H,9,20H2,1-2H3. The molecule has 130 valence electrons. The number of nitrogens with two attached hydrogens (primary N) is 1. The fourth-order valence-electron chi connectivity index (χ4n) is 1.79. The van der Waals surface area contributed by atoms with Gasteiger partial charge in [0.15, 0.2) is 0 Å². The molecule has 0 saturated carbocycles. The third-order valence-electron chi connectivity index (χ3n) is 3.02. The van der Waals surface area contributed by atoms with Gasteiger partial charge in [-0.2, -0.15) is 13.2 Å². The zero-order chi connectivity index (χ0) is 18.0. The van der Waals surface area contributed by atoms with E-state index in [2.05, 4.69) is 10.3 Å². The van der Waals surface area contributed by atoms with Crippen molar-refractivity contribution >= 4 is 11.4 Å². The number of aliphatic hydroxyl groups is 1. The molecule has 4 N–H and O–H groups in total. The second kappa shape index (κ2) is 6.56. The van der Waals surface area contributed by atoms with E-state index in [0.717, 1.165) is 12.1 Å². The molecule has 0 aliphatic heterocycles. The monoisotopic (exact) mass is 341 g/mol. The van der Waals surface area contributed by atoms with Crippen LogP contribution in [0.4, 0.5) is 24.5 Å². The first-order valence-electron chi connectivity index (χ1n) is 7.11. The van der Waals surface area contributed by atoms with Gasteiger partial charge in [0.25, 0.3) is 0 Å². The van der Waals surface area contributed by atoms with Gasteiger partial charge in [-0.25, -0.2) is 4.98 Å². The number of halogens is 3. The van der Waals surface area contributed by atoms with Crippen molar-refractivity contribution in [2.24, 2.45) is 0 Å². The normalized spacial score (nSPS) is 12.1. The number of hydrogen-bond acceptors (Lipinski definition) is 5. The quantitative estimate of drug-likeness (QED) is 0.723. The predicted octanol–water partition coefficient (Wildman–Crippen LogP) is 3.66. The predicted molar refractivity (Wildman–Crippen MR) is 85.0 cm³/mol. The molecular weight excluding hydrogens is 323 g/mol. The lowest BCUT2D eigenvalue weighted by Crippen LogP contribution is -2.29. The van der Waals surface area contributed by atoms with Crippen molar-refractivity contribution in [3.8, 4) is 11.6 Å². The van der Waals surface area contributed by atoms with Crippen LogP contribution in [0.3, 0.4) is 0 Å². The maximum atomic E-state index is 12.5. The first-order chi connectivity index (χ1) is 11.0. The van der Waals surface area contributed by atoms with Crippen LogP contribution in [-0.4, -0.2) is 22.2 Å². The van der Waals surface area contributed by atoms with Crippen LogP contribution in [0.2, 0.25) is 0 Å². The number of aromatic nitrogens is 1. The molecule has 2 aromatic rings. The molecule has 0 bridgehead atoms. The Kier molecular flexibility index (Phi) is 4.88. The molecule has 0 spiro atoms. The first-order valence-corrected chi connectivity index (χ1v) is 7.11. The van der Waals surface area contributed by atoms with E-state index in [4.69, 9.17) is 10.5 Å².